The summed E-state index contributed by atoms with van der Waals surface area (Å²) in [7, 11) is 0. The molecule has 2 atom stereocenters. The number of hydrogen-bond donors (Lipinski definition) is 3. The zero-order valence-electron chi connectivity index (χ0n) is 38.3. The minimum Gasteiger partial charge on any atom is -0.394 e. The molecule has 0 aromatic rings. The minimum atomic E-state index is -0.866. The van der Waals surface area contributed by atoms with Crippen LogP contribution in [0.3, 0.4) is 0 Å². The molecule has 0 aromatic heterocycles. The van der Waals surface area contributed by atoms with Crippen LogP contribution in [0.15, 0.2) is 85.1 Å². The zero-order chi connectivity index (χ0) is 42.1. The average Bonchev–Trinajstić information content (AvgIpc) is 3.23. The highest BCUT2D eigenvalue weighted by atomic mass is 16.3. The molecule has 0 radical (unpaired) electrons. The van der Waals surface area contributed by atoms with E-state index in [2.05, 4.69) is 92.1 Å². The third-order valence-corrected chi connectivity index (χ3v) is 10.9. The number of aliphatic hydroxyl groups excluding tert-OH is 2. The van der Waals surface area contributed by atoms with Crippen LogP contribution in [0.4, 0.5) is 0 Å². The summed E-state index contributed by atoms with van der Waals surface area (Å²) in [5.74, 6) is -0.0778. The Kier molecular flexibility index (Phi) is 46.9. The number of carbonyl (C=O) groups excluding carboxylic acids is 1. The normalized spacial score (nSPS) is 13.7. The van der Waals surface area contributed by atoms with Crippen LogP contribution in [0.1, 0.15) is 232 Å². The van der Waals surface area contributed by atoms with E-state index in [1.54, 1.807) is 6.08 Å². The highest BCUT2D eigenvalue weighted by Crippen LogP contribution is 2.15. The third kappa shape index (κ3) is 44.7. The Morgan fingerprint density at radius 1 is 0.431 bits per heavy atom. The molecule has 0 aliphatic heterocycles. The molecular weight excluding hydrogens is 711 g/mol. The molecule has 0 aromatic carbocycles. The second-order valence-electron chi connectivity index (χ2n) is 16.5. The second-order valence-corrected chi connectivity index (χ2v) is 16.5. The number of allylic oxidation sites excluding steroid dienone is 13. The highest BCUT2D eigenvalue weighted by Gasteiger charge is 2.17. The first-order valence-corrected chi connectivity index (χ1v) is 24.8. The molecule has 4 nitrogen and oxygen atoms in total. The summed E-state index contributed by atoms with van der Waals surface area (Å²) >= 11 is 0. The monoisotopic (exact) mass is 806 g/mol. The lowest BCUT2D eigenvalue weighted by Gasteiger charge is -2.19. The number of amides is 1. The molecule has 0 saturated carbocycles. The van der Waals surface area contributed by atoms with Gasteiger partial charge in [0.1, 0.15) is 0 Å². The fourth-order valence-electron chi connectivity index (χ4n) is 7.10. The van der Waals surface area contributed by atoms with Crippen molar-refractivity contribution in [3.05, 3.63) is 85.1 Å². The van der Waals surface area contributed by atoms with Gasteiger partial charge in [0.05, 0.1) is 18.8 Å². The van der Waals surface area contributed by atoms with E-state index >= 15 is 0 Å². The Balaban J connectivity index is 3.58. The first kappa shape index (κ1) is 55.6. The molecule has 334 valence electrons. The summed E-state index contributed by atoms with van der Waals surface area (Å²) in [5.41, 5.74) is 0. The minimum absolute atomic E-state index is 0.0778. The predicted octanol–water partition coefficient (Wildman–Crippen LogP) is 16.0. The van der Waals surface area contributed by atoms with Crippen LogP contribution >= 0.6 is 0 Å². The summed E-state index contributed by atoms with van der Waals surface area (Å²) in [4.78, 5) is 12.4. The van der Waals surface area contributed by atoms with E-state index < -0.39 is 12.1 Å². The molecule has 0 aliphatic rings. The maximum absolute atomic E-state index is 12.4. The smallest absolute Gasteiger partial charge is 0.220 e. The van der Waals surface area contributed by atoms with Crippen molar-refractivity contribution in [3.8, 4) is 0 Å². The first-order chi connectivity index (χ1) is 28.7. The van der Waals surface area contributed by atoms with Gasteiger partial charge in [-0.05, 0) is 77.0 Å². The lowest BCUT2D eigenvalue weighted by Crippen LogP contribution is -2.45. The number of nitrogens with one attached hydrogen (secondary N) is 1. The molecule has 4 heteroatoms. The fraction of sp³-hybridized carbons (Fsp3) is 0.722. The van der Waals surface area contributed by atoms with Crippen molar-refractivity contribution in [1.29, 1.82) is 0 Å². The molecule has 2 unspecified atom stereocenters. The summed E-state index contributed by atoms with van der Waals surface area (Å²) in [6, 6.07) is -0.644. The Morgan fingerprint density at radius 2 is 0.776 bits per heavy atom. The summed E-state index contributed by atoms with van der Waals surface area (Å²) in [6.07, 6.45) is 71.4. The van der Waals surface area contributed by atoms with E-state index in [-0.39, 0.29) is 12.5 Å². The Morgan fingerprint density at radius 3 is 1.21 bits per heavy atom. The van der Waals surface area contributed by atoms with Gasteiger partial charge in [0.25, 0.3) is 0 Å². The molecule has 0 aliphatic carbocycles. The second kappa shape index (κ2) is 48.9. The van der Waals surface area contributed by atoms with E-state index in [9.17, 15) is 15.0 Å². The quantitative estimate of drug-likeness (QED) is 0.0424. The van der Waals surface area contributed by atoms with Crippen LogP contribution < -0.4 is 5.32 Å². The number of rotatable bonds is 44. The van der Waals surface area contributed by atoms with Crippen molar-refractivity contribution in [2.24, 2.45) is 0 Å². The van der Waals surface area contributed by atoms with Gasteiger partial charge in [-0.15, -0.1) is 0 Å². The summed E-state index contributed by atoms with van der Waals surface area (Å²) < 4.78 is 0. The van der Waals surface area contributed by atoms with Gasteiger partial charge in [-0.25, -0.2) is 0 Å². The van der Waals surface area contributed by atoms with Gasteiger partial charge >= 0.3 is 0 Å². The van der Waals surface area contributed by atoms with Crippen LogP contribution in [0.25, 0.3) is 0 Å². The van der Waals surface area contributed by atoms with Gasteiger partial charge in [-0.3, -0.25) is 4.79 Å². The molecular formula is C54H95NO3. The van der Waals surface area contributed by atoms with Crippen molar-refractivity contribution < 1.29 is 15.0 Å². The molecule has 0 saturated heterocycles. The molecule has 1 amide bonds. The zero-order valence-corrected chi connectivity index (χ0v) is 38.3. The van der Waals surface area contributed by atoms with Crippen molar-refractivity contribution in [1.82, 2.24) is 5.32 Å². The first-order valence-electron chi connectivity index (χ1n) is 24.8. The molecule has 0 fully saturated rings. The predicted molar refractivity (Wildman–Crippen MR) is 257 cm³/mol. The Hall–Kier alpha value is -2.43. The van der Waals surface area contributed by atoms with E-state index in [4.69, 9.17) is 0 Å². The highest BCUT2D eigenvalue weighted by molar-refractivity contribution is 5.76. The van der Waals surface area contributed by atoms with Gasteiger partial charge in [0.2, 0.25) is 5.91 Å². The van der Waals surface area contributed by atoms with Crippen molar-refractivity contribution >= 4 is 5.91 Å². The van der Waals surface area contributed by atoms with Crippen LogP contribution in [0, 0.1) is 0 Å². The number of carbonyl (C=O) groups is 1. The van der Waals surface area contributed by atoms with Crippen LogP contribution in [0.5, 0.6) is 0 Å². The summed E-state index contributed by atoms with van der Waals surface area (Å²) in [6.45, 7) is 4.18. The van der Waals surface area contributed by atoms with Crippen LogP contribution in [-0.2, 0) is 4.79 Å². The number of hydrogen-bond acceptors (Lipinski definition) is 3. The molecule has 0 spiro atoms. The molecule has 0 rings (SSSR count). The number of unbranched alkanes of at least 4 members (excludes halogenated alkanes) is 25. The fourth-order valence-corrected chi connectivity index (χ4v) is 7.10. The van der Waals surface area contributed by atoms with E-state index in [1.807, 2.05) is 6.08 Å². The van der Waals surface area contributed by atoms with Crippen molar-refractivity contribution in [2.45, 2.75) is 244 Å². The van der Waals surface area contributed by atoms with Crippen LogP contribution in [-0.4, -0.2) is 34.9 Å². The largest absolute Gasteiger partial charge is 0.394 e. The lowest BCUT2D eigenvalue weighted by atomic mass is 10.0. The van der Waals surface area contributed by atoms with E-state index in [0.29, 0.717) is 6.42 Å². The SMILES string of the molecule is CC/C=C\C/C=C\C/C=C\C/C=C\C/C=C\CCCCCCCCCCCCCCCC(=O)NC(CO)C(O)/C=C/CC/C=C/CCCCCCCCCCCCC. The topological polar surface area (TPSA) is 69.6 Å². The van der Waals surface area contributed by atoms with Gasteiger partial charge in [-0.1, -0.05) is 234 Å². The molecule has 0 heterocycles. The van der Waals surface area contributed by atoms with E-state index in [1.165, 1.54) is 148 Å². The number of aliphatic hydroxyl groups is 2. The van der Waals surface area contributed by atoms with Gasteiger partial charge in [0, 0.05) is 6.42 Å². The van der Waals surface area contributed by atoms with Crippen LogP contribution in [0.2, 0.25) is 0 Å². The molecule has 0 bridgehead atoms. The third-order valence-electron chi connectivity index (χ3n) is 10.9. The van der Waals surface area contributed by atoms with E-state index in [0.717, 1.165) is 64.2 Å². The maximum Gasteiger partial charge on any atom is 0.220 e. The van der Waals surface area contributed by atoms with Crippen molar-refractivity contribution in [3.63, 3.8) is 0 Å². The van der Waals surface area contributed by atoms with Gasteiger partial charge in [-0.2, -0.15) is 0 Å². The van der Waals surface area contributed by atoms with Crippen molar-refractivity contribution in [2.75, 3.05) is 6.61 Å². The average molecular weight is 806 g/mol. The van der Waals surface area contributed by atoms with Gasteiger partial charge in [0.15, 0.2) is 0 Å². The Bertz CT molecular complexity index is 1050. The Labute approximate surface area is 361 Å². The summed E-state index contributed by atoms with van der Waals surface area (Å²) in [5, 5.41) is 23.1. The molecule has 58 heavy (non-hydrogen) atoms. The maximum atomic E-state index is 12.4. The molecule has 3 N–H and O–H groups in total. The van der Waals surface area contributed by atoms with Gasteiger partial charge < -0.3 is 15.5 Å². The lowest BCUT2D eigenvalue weighted by molar-refractivity contribution is -0.123. The standard InChI is InChI=1S/C54H95NO3/c1-3-5-7-9-11-13-15-17-19-21-22-23-24-25-26-27-28-29-30-31-32-34-36-38-40-42-44-46-48-50-54(58)55-52(51-56)53(57)49-47-45-43-41-39-37-35-33-20-18-16-14-12-10-8-6-4-2/h5,7,11,13,17,19,22-23,25-26,39,41,47,49,52-53,56-57H,3-4,6,8-10,12,14-16,18,20-21,24,27-38,40,42-46,48,50-51H2,1-2H3,(H,55,58)/b7-5-,13-11-,19-17-,23-22-,26-25-,41-39+,49-47+.